The Morgan fingerprint density at radius 3 is 2.76 bits per heavy atom. The van der Waals surface area contributed by atoms with Gasteiger partial charge in [0.05, 0.1) is 10.2 Å². The summed E-state index contributed by atoms with van der Waals surface area (Å²) in [5, 5.41) is 1.12. The first-order valence-corrected chi connectivity index (χ1v) is 6.63. The quantitative estimate of drug-likeness (QED) is 0.779. The van der Waals surface area contributed by atoms with Crippen molar-refractivity contribution in [2.45, 2.75) is 0 Å². The minimum Gasteiger partial charge on any atom is -0.399 e. The summed E-state index contributed by atoms with van der Waals surface area (Å²) in [7, 11) is 2.16. The molecule has 5 heteroatoms. The SMILES string of the molecule is CN1CCN(c2nc3cc(N)ccc3s2)CC1. The van der Waals surface area contributed by atoms with Crippen LogP contribution < -0.4 is 10.6 Å². The molecular weight excluding hydrogens is 232 g/mol. The molecule has 0 bridgehead atoms. The first kappa shape index (κ1) is 10.8. The van der Waals surface area contributed by atoms with Crippen molar-refractivity contribution in [3.63, 3.8) is 0 Å². The highest BCUT2D eigenvalue weighted by molar-refractivity contribution is 7.22. The van der Waals surface area contributed by atoms with Crippen molar-refractivity contribution in [2.24, 2.45) is 0 Å². The number of anilines is 2. The van der Waals surface area contributed by atoms with Crippen molar-refractivity contribution in [1.29, 1.82) is 0 Å². The number of likely N-dealkylation sites (N-methyl/N-ethyl adjacent to an activating group) is 1. The molecule has 1 aliphatic heterocycles. The number of nitrogens with zero attached hydrogens (tertiary/aromatic N) is 3. The molecule has 0 spiro atoms. The summed E-state index contributed by atoms with van der Waals surface area (Å²) in [6, 6.07) is 5.95. The van der Waals surface area contributed by atoms with Gasteiger partial charge in [-0.2, -0.15) is 0 Å². The van der Waals surface area contributed by atoms with Gasteiger partial charge in [-0.3, -0.25) is 0 Å². The van der Waals surface area contributed by atoms with Crippen LogP contribution in [0.2, 0.25) is 0 Å². The molecule has 0 amide bonds. The minimum atomic E-state index is 0.785. The van der Waals surface area contributed by atoms with Crippen LogP contribution in [0.15, 0.2) is 18.2 Å². The number of rotatable bonds is 1. The number of hydrogen-bond donors (Lipinski definition) is 1. The molecule has 1 aliphatic rings. The van der Waals surface area contributed by atoms with E-state index in [4.69, 9.17) is 5.73 Å². The fourth-order valence-corrected chi connectivity index (χ4v) is 3.06. The second-order valence-electron chi connectivity index (χ2n) is 4.51. The highest BCUT2D eigenvalue weighted by Crippen LogP contribution is 2.30. The van der Waals surface area contributed by atoms with Gasteiger partial charge in [0.15, 0.2) is 5.13 Å². The van der Waals surface area contributed by atoms with Crippen LogP contribution in [0.4, 0.5) is 10.8 Å². The summed E-state index contributed by atoms with van der Waals surface area (Å²) in [5.41, 5.74) is 7.58. The van der Waals surface area contributed by atoms with Crippen molar-refractivity contribution in [3.8, 4) is 0 Å². The first-order valence-electron chi connectivity index (χ1n) is 5.82. The van der Waals surface area contributed by atoms with Crippen molar-refractivity contribution in [1.82, 2.24) is 9.88 Å². The van der Waals surface area contributed by atoms with E-state index in [0.29, 0.717) is 0 Å². The molecule has 4 nitrogen and oxygen atoms in total. The summed E-state index contributed by atoms with van der Waals surface area (Å²) < 4.78 is 1.22. The van der Waals surface area contributed by atoms with Crippen LogP contribution in [0.5, 0.6) is 0 Å². The Hall–Kier alpha value is -1.33. The van der Waals surface area contributed by atoms with Crippen LogP contribution in [-0.2, 0) is 0 Å². The Morgan fingerprint density at radius 1 is 1.24 bits per heavy atom. The van der Waals surface area contributed by atoms with Crippen LogP contribution in [0.25, 0.3) is 10.2 Å². The average Bonchev–Trinajstić information content (AvgIpc) is 2.72. The van der Waals surface area contributed by atoms with Crippen LogP contribution >= 0.6 is 11.3 Å². The number of fused-ring (bicyclic) bond motifs is 1. The van der Waals surface area contributed by atoms with Crippen LogP contribution in [0.3, 0.4) is 0 Å². The summed E-state index contributed by atoms with van der Waals surface area (Å²) >= 11 is 1.75. The molecule has 1 aromatic heterocycles. The van der Waals surface area contributed by atoms with Gasteiger partial charge in [0.1, 0.15) is 0 Å². The van der Waals surface area contributed by atoms with Gasteiger partial charge in [-0.1, -0.05) is 11.3 Å². The molecule has 2 N–H and O–H groups in total. The molecule has 1 aromatic carbocycles. The lowest BCUT2D eigenvalue weighted by atomic mass is 10.3. The number of benzene rings is 1. The lowest BCUT2D eigenvalue weighted by molar-refractivity contribution is 0.313. The van der Waals surface area contributed by atoms with E-state index < -0.39 is 0 Å². The highest BCUT2D eigenvalue weighted by Gasteiger charge is 2.17. The Bertz CT molecular complexity index is 528. The van der Waals surface area contributed by atoms with Crippen LogP contribution in [0, 0.1) is 0 Å². The van der Waals surface area contributed by atoms with E-state index in [0.717, 1.165) is 42.5 Å². The molecule has 3 rings (SSSR count). The van der Waals surface area contributed by atoms with Gasteiger partial charge >= 0.3 is 0 Å². The van der Waals surface area contributed by atoms with E-state index >= 15 is 0 Å². The molecule has 0 atom stereocenters. The fraction of sp³-hybridized carbons (Fsp3) is 0.417. The van der Waals surface area contributed by atoms with Gasteiger partial charge < -0.3 is 15.5 Å². The maximum absolute atomic E-state index is 5.77. The number of aromatic nitrogens is 1. The zero-order chi connectivity index (χ0) is 11.8. The number of nitrogens with two attached hydrogens (primary N) is 1. The van der Waals surface area contributed by atoms with Gasteiger partial charge in [-0.05, 0) is 25.2 Å². The fourth-order valence-electron chi connectivity index (χ4n) is 2.07. The van der Waals surface area contributed by atoms with Gasteiger partial charge in [0.25, 0.3) is 0 Å². The second-order valence-corrected chi connectivity index (χ2v) is 5.52. The molecule has 17 heavy (non-hydrogen) atoms. The Kier molecular flexibility index (Phi) is 2.64. The zero-order valence-electron chi connectivity index (χ0n) is 9.89. The third-order valence-electron chi connectivity index (χ3n) is 3.17. The van der Waals surface area contributed by atoms with Crippen molar-refractivity contribution < 1.29 is 0 Å². The number of piperazine rings is 1. The van der Waals surface area contributed by atoms with Gasteiger partial charge in [-0.25, -0.2) is 4.98 Å². The number of hydrogen-bond acceptors (Lipinski definition) is 5. The number of nitrogen functional groups attached to an aromatic ring is 1. The summed E-state index contributed by atoms with van der Waals surface area (Å²) in [6.45, 7) is 4.34. The van der Waals surface area contributed by atoms with E-state index in [9.17, 15) is 0 Å². The smallest absolute Gasteiger partial charge is 0.186 e. The van der Waals surface area contributed by atoms with E-state index in [2.05, 4.69) is 27.9 Å². The normalized spacial score (nSPS) is 17.8. The van der Waals surface area contributed by atoms with E-state index in [1.807, 2.05) is 12.1 Å². The molecule has 1 saturated heterocycles. The predicted octanol–water partition coefficient (Wildman–Crippen LogP) is 1.63. The third kappa shape index (κ3) is 2.08. The lowest BCUT2D eigenvalue weighted by Crippen LogP contribution is -2.44. The predicted molar refractivity (Wildman–Crippen MR) is 73.7 cm³/mol. The number of thiazole rings is 1. The maximum atomic E-state index is 5.77. The molecular formula is C12H16N4S. The molecule has 90 valence electrons. The van der Waals surface area contributed by atoms with Crippen LogP contribution in [0.1, 0.15) is 0 Å². The van der Waals surface area contributed by atoms with E-state index in [1.165, 1.54) is 4.70 Å². The van der Waals surface area contributed by atoms with Gasteiger partial charge in [0.2, 0.25) is 0 Å². The van der Waals surface area contributed by atoms with Gasteiger partial charge in [-0.15, -0.1) is 0 Å². The summed E-state index contributed by atoms with van der Waals surface area (Å²) in [5.74, 6) is 0. The lowest BCUT2D eigenvalue weighted by Gasteiger charge is -2.31. The second kappa shape index (κ2) is 4.16. The van der Waals surface area contributed by atoms with Crippen molar-refractivity contribution in [2.75, 3.05) is 43.9 Å². The Balaban J connectivity index is 1.90. The highest BCUT2D eigenvalue weighted by atomic mass is 32.1. The molecule has 0 saturated carbocycles. The average molecular weight is 248 g/mol. The van der Waals surface area contributed by atoms with Crippen molar-refractivity contribution in [3.05, 3.63) is 18.2 Å². The topological polar surface area (TPSA) is 45.4 Å². The van der Waals surface area contributed by atoms with E-state index in [-0.39, 0.29) is 0 Å². The molecule has 2 aromatic rings. The van der Waals surface area contributed by atoms with Crippen LogP contribution in [-0.4, -0.2) is 43.1 Å². The maximum Gasteiger partial charge on any atom is 0.186 e. The monoisotopic (exact) mass is 248 g/mol. The van der Waals surface area contributed by atoms with Crippen molar-refractivity contribution >= 4 is 32.4 Å². The molecule has 1 fully saturated rings. The molecule has 0 radical (unpaired) electrons. The first-order chi connectivity index (χ1) is 8.22. The van der Waals surface area contributed by atoms with E-state index in [1.54, 1.807) is 11.3 Å². The standard InChI is InChI=1S/C12H16N4S/c1-15-4-6-16(7-5-15)12-14-10-8-9(13)2-3-11(10)17-12/h2-3,8H,4-7,13H2,1H3. The zero-order valence-corrected chi connectivity index (χ0v) is 10.7. The molecule has 0 unspecified atom stereocenters. The minimum absolute atomic E-state index is 0.785. The molecule has 0 aliphatic carbocycles. The summed E-state index contributed by atoms with van der Waals surface area (Å²) in [6.07, 6.45) is 0. The van der Waals surface area contributed by atoms with Gasteiger partial charge in [0, 0.05) is 31.9 Å². The third-order valence-corrected chi connectivity index (χ3v) is 4.27. The molecule has 2 heterocycles. The summed E-state index contributed by atoms with van der Waals surface area (Å²) in [4.78, 5) is 9.38. The Labute approximate surface area is 105 Å². The Morgan fingerprint density at radius 2 is 2.00 bits per heavy atom. The largest absolute Gasteiger partial charge is 0.399 e.